The molecule has 6 nitrogen and oxygen atoms in total. The van der Waals surface area contributed by atoms with E-state index < -0.39 is 34.5 Å². The SMILES string of the molecule is C[C@]12OC(=N)[C@](C#N)([C@@H](c3ccccc3)O1)C(C#N)(C#N)[C@H]2c1ccccc1. The normalized spacial score (nSPS) is 32.4. The fraction of sp³-hybridized carbons (Fsp3) is 0.273. The Labute approximate surface area is 162 Å². The largest absolute Gasteiger partial charge is 0.447 e. The molecule has 3 fully saturated rings. The number of nitrogens with one attached hydrogen (secondary N) is 1. The lowest BCUT2D eigenvalue weighted by Gasteiger charge is -2.61. The molecule has 5 rings (SSSR count). The average Bonchev–Trinajstić information content (AvgIpc) is 2.73. The number of hydrogen-bond acceptors (Lipinski definition) is 6. The summed E-state index contributed by atoms with van der Waals surface area (Å²) in [6.45, 7) is 1.62. The Bertz CT molecular complexity index is 1050. The van der Waals surface area contributed by atoms with Gasteiger partial charge < -0.3 is 9.47 Å². The average molecular weight is 368 g/mol. The Kier molecular flexibility index (Phi) is 3.75. The topological polar surface area (TPSA) is 114 Å². The van der Waals surface area contributed by atoms with E-state index in [4.69, 9.17) is 14.9 Å². The highest BCUT2D eigenvalue weighted by molar-refractivity contribution is 5.89. The maximum atomic E-state index is 10.3. The van der Waals surface area contributed by atoms with Crippen LogP contribution in [-0.2, 0) is 9.47 Å². The van der Waals surface area contributed by atoms with Gasteiger partial charge in [-0.1, -0.05) is 60.7 Å². The van der Waals surface area contributed by atoms with Crippen molar-refractivity contribution in [3.05, 3.63) is 71.8 Å². The molecule has 2 aromatic rings. The van der Waals surface area contributed by atoms with Crippen LogP contribution in [0, 0.1) is 50.2 Å². The maximum Gasteiger partial charge on any atom is 0.219 e. The van der Waals surface area contributed by atoms with E-state index in [2.05, 4.69) is 18.2 Å². The standard InChI is InChI=1S/C22H16N4O2/c1-20-17(15-8-4-2-5-9-15)21(12-23,13-24)22(14-25,19(26)28-20)18(27-20)16-10-6-3-7-11-16/h2-11,17-18,26H,1H3/t17-,18+,20+,22-/m0/s1. The fourth-order valence-corrected chi connectivity index (χ4v) is 4.55. The Hall–Kier alpha value is -3.66. The van der Waals surface area contributed by atoms with Crippen LogP contribution in [0.2, 0.25) is 0 Å². The molecule has 0 unspecified atom stereocenters. The lowest BCUT2D eigenvalue weighted by atomic mass is 9.49. The summed E-state index contributed by atoms with van der Waals surface area (Å²) < 4.78 is 12.0. The van der Waals surface area contributed by atoms with Crippen LogP contribution in [0.25, 0.3) is 0 Å². The second-order valence-corrected chi connectivity index (χ2v) is 7.15. The molecule has 2 aromatic carbocycles. The molecule has 2 bridgehead atoms. The number of rotatable bonds is 2. The zero-order valence-corrected chi connectivity index (χ0v) is 15.1. The summed E-state index contributed by atoms with van der Waals surface area (Å²) in [7, 11) is 0. The van der Waals surface area contributed by atoms with Crippen molar-refractivity contribution >= 4 is 5.90 Å². The van der Waals surface area contributed by atoms with E-state index in [0.29, 0.717) is 11.1 Å². The van der Waals surface area contributed by atoms with Crippen LogP contribution < -0.4 is 0 Å². The molecule has 3 saturated heterocycles. The molecule has 136 valence electrons. The van der Waals surface area contributed by atoms with Crippen LogP contribution in [0.5, 0.6) is 0 Å². The quantitative estimate of drug-likeness (QED) is 0.866. The van der Waals surface area contributed by atoms with Gasteiger partial charge in [0.1, 0.15) is 6.10 Å². The molecular weight excluding hydrogens is 352 g/mol. The third kappa shape index (κ3) is 1.94. The molecule has 3 heterocycles. The lowest BCUT2D eigenvalue weighted by Crippen LogP contribution is -2.70. The van der Waals surface area contributed by atoms with Gasteiger partial charge in [-0.2, -0.15) is 15.8 Å². The van der Waals surface area contributed by atoms with Crippen molar-refractivity contribution in [3.8, 4) is 18.2 Å². The van der Waals surface area contributed by atoms with Gasteiger partial charge in [0.15, 0.2) is 10.8 Å². The summed E-state index contributed by atoms with van der Waals surface area (Å²) in [6, 6.07) is 24.2. The van der Waals surface area contributed by atoms with Gasteiger partial charge in [-0.25, -0.2) is 0 Å². The van der Waals surface area contributed by atoms with E-state index in [0.717, 1.165) is 0 Å². The van der Waals surface area contributed by atoms with Crippen LogP contribution in [-0.4, -0.2) is 11.7 Å². The monoisotopic (exact) mass is 368 g/mol. The Morgan fingerprint density at radius 2 is 1.39 bits per heavy atom. The van der Waals surface area contributed by atoms with E-state index in [1.165, 1.54) is 0 Å². The maximum absolute atomic E-state index is 10.3. The minimum Gasteiger partial charge on any atom is -0.447 e. The molecule has 4 atom stereocenters. The van der Waals surface area contributed by atoms with Gasteiger partial charge in [0.05, 0.1) is 24.1 Å². The van der Waals surface area contributed by atoms with Gasteiger partial charge in [0.25, 0.3) is 0 Å². The number of fused-ring (bicyclic) bond motifs is 3. The molecule has 3 aliphatic heterocycles. The molecule has 6 heteroatoms. The first kappa shape index (κ1) is 17.7. The highest BCUT2D eigenvalue weighted by Crippen LogP contribution is 2.69. The highest BCUT2D eigenvalue weighted by Gasteiger charge is 2.79. The Balaban J connectivity index is 2.05. The molecule has 0 aliphatic carbocycles. The summed E-state index contributed by atoms with van der Waals surface area (Å²) in [4.78, 5) is 0. The minimum absolute atomic E-state index is 0.409. The third-order valence-corrected chi connectivity index (χ3v) is 5.75. The van der Waals surface area contributed by atoms with Gasteiger partial charge >= 0.3 is 0 Å². The first-order valence-electron chi connectivity index (χ1n) is 8.78. The number of benzene rings is 2. The van der Waals surface area contributed by atoms with E-state index in [1.54, 1.807) is 55.5 Å². The predicted molar refractivity (Wildman–Crippen MR) is 98.4 cm³/mol. The first-order chi connectivity index (χ1) is 13.5. The molecule has 0 spiro atoms. The van der Waals surface area contributed by atoms with Gasteiger partial charge in [-0.3, -0.25) is 5.41 Å². The molecule has 0 radical (unpaired) electrons. The first-order valence-corrected chi connectivity index (χ1v) is 8.78. The van der Waals surface area contributed by atoms with Crippen molar-refractivity contribution in [2.45, 2.75) is 24.7 Å². The minimum atomic E-state index is -1.91. The molecule has 28 heavy (non-hydrogen) atoms. The summed E-state index contributed by atoms with van der Waals surface area (Å²) in [5.41, 5.74) is -2.52. The second-order valence-electron chi connectivity index (χ2n) is 7.15. The van der Waals surface area contributed by atoms with Crippen molar-refractivity contribution in [2.75, 3.05) is 0 Å². The van der Waals surface area contributed by atoms with Gasteiger partial charge in [-0.15, -0.1) is 0 Å². The van der Waals surface area contributed by atoms with Crippen LogP contribution in [0.1, 0.15) is 30.1 Å². The molecule has 3 aliphatic rings. The summed E-state index contributed by atoms with van der Waals surface area (Å²) in [6.07, 6.45) is -0.982. The van der Waals surface area contributed by atoms with Crippen molar-refractivity contribution in [2.24, 2.45) is 10.8 Å². The van der Waals surface area contributed by atoms with E-state index in [1.807, 2.05) is 12.1 Å². The Morgan fingerprint density at radius 1 is 0.857 bits per heavy atom. The lowest BCUT2D eigenvalue weighted by molar-refractivity contribution is -0.323. The molecule has 1 N–H and O–H groups in total. The second kappa shape index (κ2) is 5.92. The summed E-state index contributed by atoms with van der Waals surface area (Å²) in [5, 5.41) is 39.3. The number of hydrogen-bond donors (Lipinski definition) is 1. The van der Waals surface area contributed by atoms with Crippen LogP contribution in [0.3, 0.4) is 0 Å². The molecule has 0 amide bonds. The van der Waals surface area contributed by atoms with Crippen molar-refractivity contribution in [3.63, 3.8) is 0 Å². The van der Waals surface area contributed by atoms with Crippen molar-refractivity contribution < 1.29 is 9.47 Å². The molecule has 0 aromatic heterocycles. The number of nitrogens with zero attached hydrogens (tertiary/aromatic N) is 3. The van der Waals surface area contributed by atoms with Gasteiger partial charge in [0, 0.05) is 6.92 Å². The van der Waals surface area contributed by atoms with Crippen LogP contribution in [0.4, 0.5) is 0 Å². The fourth-order valence-electron chi connectivity index (χ4n) is 4.55. The number of ether oxygens (including phenoxy) is 2. The van der Waals surface area contributed by atoms with E-state index in [-0.39, 0.29) is 0 Å². The summed E-state index contributed by atoms with van der Waals surface area (Å²) in [5.74, 6) is -2.74. The van der Waals surface area contributed by atoms with Crippen molar-refractivity contribution in [1.82, 2.24) is 0 Å². The molecular formula is C22H16N4O2. The van der Waals surface area contributed by atoms with Crippen LogP contribution >= 0.6 is 0 Å². The van der Waals surface area contributed by atoms with E-state index >= 15 is 0 Å². The van der Waals surface area contributed by atoms with Gasteiger partial charge in [0.2, 0.25) is 11.7 Å². The van der Waals surface area contributed by atoms with Crippen molar-refractivity contribution in [1.29, 1.82) is 21.2 Å². The zero-order chi connectivity index (χ0) is 20.0. The van der Waals surface area contributed by atoms with Crippen LogP contribution in [0.15, 0.2) is 60.7 Å². The smallest absolute Gasteiger partial charge is 0.219 e. The zero-order valence-electron chi connectivity index (χ0n) is 15.1. The molecule has 0 saturated carbocycles. The van der Waals surface area contributed by atoms with E-state index in [9.17, 15) is 15.8 Å². The summed E-state index contributed by atoms with van der Waals surface area (Å²) >= 11 is 0. The highest BCUT2D eigenvalue weighted by atomic mass is 16.7. The van der Waals surface area contributed by atoms with Gasteiger partial charge in [-0.05, 0) is 11.1 Å². The number of nitriles is 3. The Morgan fingerprint density at radius 3 is 1.89 bits per heavy atom. The predicted octanol–water partition coefficient (Wildman–Crippen LogP) is 3.81. The third-order valence-electron chi connectivity index (χ3n) is 5.75.